The average Bonchev–Trinajstić information content (AvgIpc) is 2.91. The fourth-order valence-electron chi connectivity index (χ4n) is 9.05. The Balaban J connectivity index is 2.42. The van der Waals surface area contributed by atoms with Gasteiger partial charge in [-0.3, -0.25) is 9.59 Å². The van der Waals surface area contributed by atoms with Crippen LogP contribution < -0.4 is 0 Å². The largest absolute Gasteiger partial charge is 0.507 e. The van der Waals surface area contributed by atoms with Crippen LogP contribution in [0, 0.1) is 0 Å². The molecular formula is C40H68N2O7. The van der Waals surface area contributed by atoms with Crippen molar-refractivity contribution in [1.82, 2.24) is 10.1 Å². The molecule has 2 saturated heterocycles. The number of hydrogen-bond donors (Lipinski definition) is 3. The van der Waals surface area contributed by atoms with Crippen LogP contribution >= 0.6 is 0 Å². The first-order valence-electron chi connectivity index (χ1n) is 18.3. The summed E-state index contributed by atoms with van der Waals surface area (Å²) in [6.07, 6.45) is 3.58. The Morgan fingerprint density at radius 3 is 1.37 bits per heavy atom. The highest BCUT2D eigenvalue weighted by molar-refractivity contribution is 5.91. The molecule has 49 heavy (non-hydrogen) atoms. The Bertz CT molecular complexity index is 1260. The normalized spacial score (nSPS) is 21.8. The molecule has 9 nitrogen and oxygen atoms in total. The predicted molar refractivity (Wildman–Crippen MR) is 193 cm³/mol. The summed E-state index contributed by atoms with van der Waals surface area (Å²) in [7, 11) is 0. The smallest absolute Gasteiger partial charge is 0.317 e. The minimum Gasteiger partial charge on any atom is -0.507 e. The number of hydroxylamine groups is 4. The third-order valence-electron chi connectivity index (χ3n) is 10.7. The van der Waals surface area contributed by atoms with Crippen LogP contribution in [-0.4, -0.2) is 66.3 Å². The Hall–Kier alpha value is -2.20. The third-order valence-corrected chi connectivity index (χ3v) is 10.7. The van der Waals surface area contributed by atoms with Crippen LogP contribution in [0.25, 0.3) is 0 Å². The van der Waals surface area contributed by atoms with Crippen molar-refractivity contribution in [2.75, 3.05) is 6.61 Å². The number of carbonyl (C=O) groups is 2. The van der Waals surface area contributed by atoms with E-state index in [1.165, 1.54) is 10.1 Å². The summed E-state index contributed by atoms with van der Waals surface area (Å²) in [5.41, 5.74) is 1.14. The lowest BCUT2D eigenvalue weighted by Gasteiger charge is -2.54. The van der Waals surface area contributed by atoms with Gasteiger partial charge >= 0.3 is 11.9 Å². The Labute approximate surface area is 296 Å². The Morgan fingerprint density at radius 2 is 1.04 bits per heavy atom. The van der Waals surface area contributed by atoms with Crippen molar-refractivity contribution in [1.29, 1.82) is 0 Å². The van der Waals surface area contributed by atoms with Gasteiger partial charge in [-0.25, -0.2) is 0 Å². The topological polar surface area (TPSA) is 120 Å². The second-order valence-electron chi connectivity index (χ2n) is 19.4. The van der Waals surface area contributed by atoms with Gasteiger partial charge in [0.15, 0.2) is 0 Å². The average molecular weight is 689 g/mol. The number of ether oxygens (including phenoxy) is 2. The van der Waals surface area contributed by atoms with E-state index in [1.807, 2.05) is 62.3 Å². The lowest BCUT2D eigenvalue weighted by atomic mass is 9.62. The highest BCUT2D eigenvalue weighted by Gasteiger charge is 2.51. The molecule has 1 aromatic rings. The standard InChI is InChI=1S/C40H68N2O7/c1-16-17-18-48-28(43)19-29(44)49-24-27-30(25-20-37(8,9)41(46)38(10,11)21-25)32(35(2,3)4)34(45)33(36(5,6)7)31(27)26-22-39(12,13)42(47)40(14,15)23-26/h25-26,45-47H,16-24H2,1-15H3. The summed E-state index contributed by atoms with van der Waals surface area (Å²) >= 11 is 0. The van der Waals surface area contributed by atoms with Gasteiger partial charge < -0.3 is 25.0 Å². The van der Waals surface area contributed by atoms with Gasteiger partial charge in [0.05, 0.1) is 6.61 Å². The highest BCUT2D eigenvalue weighted by atomic mass is 16.6. The van der Waals surface area contributed by atoms with E-state index in [2.05, 4.69) is 41.5 Å². The summed E-state index contributed by atoms with van der Waals surface area (Å²) in [4.78, 5) is 25.8. The third kappa shape index (κ3) is 8.82. The predicted octanol–water partition coefficient (Wildman–Crippen LogP) is 9.02. The Morgan fingerprint density at radius 1 is 0.694 bits per heavy atom. The number of carbonyl (C=O) groups excluding carboxylic acids is 2. The van der Waals surface area contributed by atoms with Crippen LogP contribution in [0.5, 0.6) is 5.75 Å². The van der Waals surface area contributed by atoms with Crippen molar-refractivity contribution >= 4 is 11.9 Å². The van der Waals surface area contributed by atoms with E-state index in [1.54, 1.807) is 0 Å². The van der Waals surface area contributed by atoms with E-state index < -0.39 is 51.3 Å². The summed E-state index contributed by atoms with van der Waals surface area (Å²) < 4.78 is 11.3. The van der Waals surface area contributed by atoms with Gasteiger partial charge in [0.1, 0.15) is 18.8 Å². The number of hydrogen-bond acceptors (Lipinski definition) is 9. The number of unbranched alkanes of at least 4 members (excludes halogenated alkanes) is 1. The second-order valence-corrected chi connectivity index (χ2v) is 19.4. The fraction of sp³-hybridized carbons (Fsp3) is 0.800. The molecule has 0 unspecified atom stereocenters. The van der Waals surface area contributed by atoms with E-state index in [-0.39, 0.29) is 30.8 Å². The number of nitrogens with zero attached hydrogens (tertiary/aromatic N) is 2. The van der Waals surface area contributed by atoms with Gasteiger partial charge in [-0.05, 0) is 127 Å². The molecule has 0 spiro atoms. The molecule has 0 aromatic heterocycles. The molecular weight excluding hydrogens is 620 g/mol. The van der Waals surface area contributed by atoms with Gasteiger partial charge in [-0.2, -0.15) is 10.1 Å². The van der Waals surface area contributed by atoms with E-state index in [0.29, 0.717) is 25.7 Å². The molecule has 2 heterocycles. The fourth-order valence-corrected chi connectivity index (χ4v) is 9.05. The van der Waals surface area contributed by atoms with Crippen molar-refractivity contribution in [2.24, 2.45) is 0 Å². The zero-order chi connectivity index (χ0) is 37.7. The van der Waals surface area contributed by atoms with Crippen LogP contribution in [0.2, 0.25) is 0 Å². The molecule has 0 bridgehead atoms. The molecule has 3 N–H and O–H groups in total. The molecule has 0 atom stereocenters. The van der Waals surface area contributed by atoms with E-state index in [4.69, 9.17) is 9.47 Å². The summed E-state index contributed by atoms with van der Waals surface area (Å²) in [6, 6.07) is 0. The zero-order valence-corrected chi connectivity index (χ0v) is 33.4. The molecule has 0 radical (unpaired) electrons. The van der Waals surface area contributed by atoms with Gasteiger partial charge in [0.25, 0.3) is 0 Å². The van der Waals surface area contributed by atoms with Crippen molar-refractivity contribution in [3.05, 3.63) is 27.8 Å². The van der Waals surface area contributed by atoms with Crippen LogP contribution in [0.4, 0.5) is 0 Å². The molecule has 2 fully saturated rings. The number of phenols is 1. The van der Waals surface area contributed by atoms with Crippen LogP contribution in [0.15, 0.2) is 0 Å². The summed E-state index contributed by atoms with van der Waals surface area (Å²) in [5.74, 6) is -1.17. The van der Waals surface area contributed by atoms with Crippen LogP contribution in [0.1, 0.15) is 188 Å². The maximum Gasteiger partial charge on any atom is 0.317 e. The molecule has 3 rings (SSSR count). The maximum atomic E-state index is 13.3. The molecule has 1 aromatic carbocycles. The number of rotatable bonds is 9. The molecule has 2 aliphatic heterocycles. The number of phenolic OH excluding ortho intramolecular Hbond substituents is 1. The van der Waals surface area contributed by atoms with Crippen molar-refractivity contribution < 1.29 is 34.6 Å². The van der Waals surface area contributed by atoms with Gasteiger partial charge in [0, 0.05) is 33.3 Å². The monoisotopic (exact) mass is 689 g/mol. The van der Waals surface area contributed by atoms with Crippen molar-refractivity contribution in [2.45, 2.75) is 200 Å². The van der Waals surface area contributed by atoms with E-state index in [0.717, 1.165) is 40.7 Å². The zero-order valence-electron chi connectivity index (χ0n) is 33.4. The molecule has 9 heteroatoms. The molecule has 280 valence electrons. The number of esters is 2. The van der Waals surface area contributed by atoms with Crippen molar-refractivity contribution in [3.8, 4) is 5.75 Å². The maximum absolute atomic E-state index is 13.3. The van der Waals surface area contributed by atoms with Gasteiger partial charge in [0.2, 0.25) is 0 Å². The number of benzene rings is 1. The first-order valence-corrected chi connectivity index (χ1v) is 18.3. The molecule has 0 aliphatic carbocycles. The lowest BCUT2D eigenvalue weighted by molar-refractivity contribution is -0.245. The Kier molecular flexibility index (Phi) is 11.8. The molecule has 0 saturated carbocycles. The van der Waals surface area contributed by atoms with Gasteiger partial charge in [-0.15, -0.1) is 0 Å². The number of piperidine rings is 2. The van der Waals surface area contributed by atoms with Gasteiger partial charge in [-0.1, -0.05) is 54.9 Å². The first kappa shape index (κ1) is 41.2. The van der Waals surface area contributed by atoms with E-state index >= 15 is 0 Å². The number of aromatic hydroxyl groups is 1. The first-order chi connectivity index (χ1) is 22.1. The molecule has 2 aliphatic rings. The summed E-state index contributed by atoms with van der Waals surface area (Å²) in [5, 5.41) is 38.2. The SMILES string of the molecule is CCCCOC(=O)CC(=O)OCc1c(C2CC(C)(C)N(O)C(C)(C)C2)c(C(C)(C)C)c(O)c(C(C)(C)C)c1C1CC(C)(C)N(O)C(C)(C)C1. The van der Waals surface area contributed by atoms with Crippen LogP contribution in [0.3, 0.4) is 0 Å². The minimum absolute atomic E-state index is 0.0709. The molecule has 0 amide bonds. The minimum atomic E-state index is -0.655. The highest BCUT2D eigenvalue weighted by Crippen LogP contribution is 2.56. The quantitative estimate of drug-likeness (QED) is 0.133. The van der Waals surface area contributed by atoms with Crippen LogP contribution in [-0.2, 0) is 36.5 Å². The second kappa shape index (κ2) is 14.1. The summed E-state index contributed by atoms with van der Waals surface area (Å²) in [6.45, 7) is 31.1. The van der Waals surface area contributed by atoms with Crippen molar-refractivity contribution in [3.63, 3.8) is 0 Å². The lowest BCUT2D eigenvalue weighted by Crippen LogP contribution is -2.59. The van der Waals surface area contributed by atoms with E-state index in [9.17, 15) is 25.1 Å².